The number of likely N-dealkylation sites (tertiary alicyclic amines) is 1. The summed E-state index contributed by atoms with van der Waals surface area (Å²) in [5.74, 6) is 0.485. The molecule has 6 nitrogen and oxygen atoms in total. The van der Waals surface area contributed by atoms with Gasteiger partial charge >= 0.3 is 5.69 Å². The number of rotatable bonds is 2. The summed E-state index contributed by atoms with van der Waals surface area (Å²) in [6, 6.07) is 3.79. The first-order valence-corrected chi connectivity index (χ1v) is 8.97. The van der Waals surface area contributed by atoms with Gasteiger partial charge < -0.3 is 4.90 Å². The summed E-state index contributed by atoms with van der Waals surface area (Å²) in [7, 11) is 1.78. The predicted octanol–water partition coefficient (Wildman–Crippen LogP) is 2.09. The average Bonchev–Trinajstić information content (AvgIpc) is 3.19. The number of imidazole rings is 1. The summed E-state index contributed by atoms with van der Waals surface area (Å²) in [6.45, 7) is 1.38. The number of aromatic nitrogens is 3. The lowest BCUT2D eigenvalue weighted by Gasteiger charge is -2.26. The second-order valence-corrected chi connectivity index (χ2v) is 7.12. The predicted molar refractivity (Wildman–Crippen MR) is 91.8 cm³/mol. The molecule has 4 rings (SSSR count). The molecule has 6 heteroatoms. The molecule has 1 saturated carbocycles. The first kappa shape index (κ1) is 15.4. The molecule has 1 atom stereocenters. The number of fused-ring (bicyclic) bond motifs is 1. The molecule has 2 aromatic rings. The van der Waals surface area contributed by atoms with Crippen molar-refractivity contribution < 1.29 is 4.79 Å². The Morgan fingerprint density at radius 1 is 1.21 bits per heavy atom. The van der Waals surface area contributed by atoms with E-state index >= 15 is 0 Å². The van der Waals surface area contributed by atoms with Crippen LogP contribution in [0.2, 0.25) is 0 Å². The molecule has 0 radical (unpaired) electrons. The molecule has 1 saturated heterocycles. The number of hydrogen-bond acceptors (Lipinski definition) is 3. The fraction of sp³-hybridized carbons (Fsp3) is 0.611. The zero-order chi connectivity index (χ0) is 16.7. The lowest BCUT2D eigenvalue weighted by atomic mass is 9.88. The van der Waals surface area contributed by atoms with Crippen LogP contribution in [0.1, 0.15) is 44.6 Å². The molecule has 0 spiro atoms. The Labute approximate surface area is 141 Å². The van der Waals surface area contributed by atoms with E-state index in [9.17, 15) is 9.59 Å². The molecule has 2 aromatic heterocycles. The Morgan fingerprint density at radius 2 is 2.00 bits per heavy atom. The molecule has 128 valence electrons. The Hall–Kier alpha value is -2.11. The SMILES string of the molecule is Cn1c(=O)n([C@@H]2CCN(C(=O)C3CCCCC3)C2)c2ncccc21. The summed E-state index contributed by atoms with van der Waals surface area (Å²) in [5.41, 5.74) is 1.53. The second kappa shape index (κ2) is 6.07. The van der Waals surface area contributed by atoms with Gasteiger partial charge in [0.25, 0.3) is 0 Å². The Balaban J connectivity index is 1.58. The van der Waals surface area contributed by atoms with Crippen LogP contribution in [0, 0.1) is 5.92 Å². The fourth-order valence-electron chi connectivity index (χ4n) is 4.28. The van der Waals surface area contributed by atoms with E-state index in [-0.39, 0.29) is 17.6 Å². The summed E-state index contributed by atoms with van der Waals surface area (Å²) in [5, 5.41) is 0. The van der Waals surface area contributed by atoms with E-state index in [2.05, 4.69) is 4.98 Å². The smallest absolute Gasteiger partial charge is 0.330 e. The molecule has 1 aliphatic heterocycles. The zero-order valence-electron chi connectivity index (χ0n) is 14.1. The van der Waals surface area contributed by atoms with Gasteiger partial charge in [-0.05, 0) is 31.4 Å². The van der Waals surface area contributed by atoms with Crippen molar-refractivity contribution >= 4 is 17.1 Å². The van der Waals surface area contributed by atoms with Crippen molar-refractivity contribution in [1.29, 1.82) is 0 Å². The van der Waals surface area contributed by atoms with E-state index in [0.717, 1.165) is 37.0 Å². The summed E-state index contributed by atoms with van der Waals surface area (Å²) >= 11 is 0. The van der Waals surface area contributed by atoms with Crippen LogP contribution in [-0.4, -0.2) is 38.0 Å². The number of amides is 1. The normalized spacial score (nSPS) is 22.4. The molecule has 1 amide bonds. The van der Waals surface area contributed by atoms with Crippen LogP contribution in [0.15, 0.2) is 23.1 Å². The number of carbonyl (C=O) groups is 1. The van der Waals surface area contributed by atoms with Gasteiger partial charge in [0.05, 0.1) is 11.6 Å². The third kappa shape index (κ3) is 2.44. The highest BCUT2D eigenvalue weighted by Crippen LogP contribution is 2.29. The van der Waals surface area contributed by atoms with Crippen LogP contribution in [0.4, 0.5) is 0 Å². The first-order chi connectivity index (χ1) is 11.7. The van der Waals surface area contributed by atoms with Gasteiger partial charge in [-0.2, -0.15) is 0 Å². The molecule has 0 unspecified atom stereocenters. The topological polar surface area (TPSA) is 60.1 Å². The van der Waals surface area contributed by atoms with E-state index in [1.807, 2.05) is 17.0 Å². The van der Waals surface area contributed by atoms with Gasteiger partial charge in [-0.3, -0.25) is 13.9 Å². The fourth-order valence-corrected chi connectivity index (χ4v) is 4.28. The maximum atomic E-state index is 12.7. The first-order valence-electron chi connectivity index (χ1n) is 8.97. The molecule has 0 N–H and O–H groups in total. The number of aryl methyl sites for hydroxylation is 1. The van der Waals surface area contributed by atoms with Gasteiger partial charge in [0.1, 0.15) is 0 Å². The van der Waals surface area contributed by atoms with Crippen molar-refractivity contribution in [1.82, 2.24) is 19.0 Å². The largest absolute Gasteiger partial charge is 0.340 e. The highest BCUT2D eigenvalue weighted by Gasteiger charge is 2.33. The highest BCUT2D eigenvalue weighted by atomic mass is 16.2. The Morgan fingerprint density at radius 3 is 2.79 bits per heavy atom. The minimum Gasteiger partial charge on any atom is -0.340 e. The van der Waals surface area contributed by atoms with E-state index in [1.165, 1.54) is 19.3 Å². The highest BCUT2D eigenvalue weighted by molar-refractivity contribution is 5.79. The Bertz CT molecular complexity index is 816. The standard InChI is InChI=1S/C18H24N4O2/c1-20-15-8-5-10-19-16(15)22(18(20)24)14-9-11-21(12-14)17(23)13-6-3-2-4-7-13/h5,8,10,13-14H,2-4,6-7,9,11-12H2,1H3/t14-/m1/s1. The van der Waals surface area contributed by atoms with Gasteiger partial charge in [0, 0.05) is 32.3 Å². The van der Waals surface area contributed by atoms with E-state index in [0.29, 0.717) is 12.5 Å². The van der Waals surface area contributed by atoms with Crippen molar-refractivity contribution in [2.75, 3.05) is 13.1 Å². The summed E-state index contributed by atoms with van der Waals surface area (Å²) in [6.07, 6.45) is 8.18. The van der Waals surface area contributed by atoms with Crippen LogP contribution in [0.5, 0.6) is 0 Å². The quantitative estimate of drug-likeness (QED) is 0.848. The van der Waals surface area contributed by atoms with E-state index < -0.39 is 0 Å². The van der Waals surface area contributed by atoms with Gasteiger partial charge in [-0.25, -0.2) is 9.78 Å². The van der Waals surface area contributed by atoms with E-state index in [4.69, 9.17) is 0 Å². The molecule has 2 aliphatic rings. The molecule has 2 fully saturated rings. The number of pyridine rings is 1. The third-order valence-corrected chi connectivity index (χ3v) is 5.64. The van der Waals surface area contributed by atoms with Crippen molar-refractivity contribution in [3.8, 4) is 0 Å². The molecular weight excluding hydrogens is 304 g/mol. The average molecular weight is 328 g/mol. The maximum absolute atomic E-state index is 12.7. The van der Waals surface area contributed by atoms with Gasteiger partial charge in [0.15, 0.2) is 5.65 Å². The van der Waals surface area contributed by atoms with Gasteiger partial charge in [-0.1, -0.05) is 19.3 Å². The van der Waals surface area contributed by atoms with Crippen LogP contribution in [-0.2, 0) is 11.8 Å². The van der Waals surface area contributed by atoms with Crippen molar-refractivity contribution in [2.45, 2.75) is 44.6 Å². The molecule has 0 aromatic carbocycles. The monoisotopic (exact) mass is 328 g/mol. The third-order valence-electron chi connectivity index (χ3n) is 5.64. The molecule has 1 aliphatic carbocycles. The van der Waals surface area contributed by atoms with Crippen molar-refractivity contribution in [3.05, 3.63) is 28.8 Å². The minimum atomic E-state index is -0.0411. The summed E-state index contributed by atoms with van der Waals surface area (Å²) < 4.78 is 3.43. The Kier molecular flexibility index (Phi) is 3.90. The molecule has 24 heavy (non-hydrogen) atoms. The molecule has 3 heterocycles. The second-order valence-electron chi connectivity index (χ2n) is 7.12. The van der Waals surface area contributed by atoms with Crippen LogP contribution < -0.4 is 5.69 Å². The van der Waals surface area contributed by atoms with E-state index in [1.54, 1.807) is 22.4 Å². The zero-order valence-corrected chi connectivity index (χ0v) is 14.1. The molecule has 0 bridgehead atoms. The van der Waals surface area contributed by atoms with Crippen LogP contribution >= 0.6 is 0 Å². The number of nitrogens with zero attached hydrogens (tertiary/aromatic N) is 4. The van der Waals surface area contributed by atoms with Crippen molar-refractivity contribution in [3.63, 3.8) is 0 Å². The number of carbonyl (C=O) groups excluding carboxylic acids is 1. The lowest BCUT2D eigenvalue weighted by molar-refractivity contribution is -0.135. The van der Waals surface area contributed by atoms with Crippen LogP contribution in [0.25, 0.3) is 11.2 Å². The molecular formula is C18H24N4O2. The lowest BCUT2D eigenvalue weighted by Crippen LogP contribution is -2.36. The van der Waals surface area contributed by atoms with Crippen LogP contribution in [0.3, 0.4) is 0 Å². The summed E-state index contributed by atoms with van der Waals surface area (Å²) in [4.78, 5) is 31.8. The van der Waals surface area contributed by atoms with Crippen molar-refractivity contribution in [2.24, 2.45) is 13.0 Å². The van der Waals surface area contributed by atoms with Gasteiger partial charge in [0.2, 0.25) is 5.91 Å². The minimum absolute atomic E-state index is 0.0311. The maximum Gasteiger partial charge on any atom is 0.330 e. The van der Waals surface area contributed by atoms with Gasteiger partial charge in [-0.15, -0.1) is 0 Å². The number of hydrogen-bond donors (Lipinski definition) is 0.